The maximum absolute atomic E-state index is 12.1. The first-order valence-electron chi connectivity index (χ1n) is 7.31. The topological polar surface area (TPSA) is 122 Å². The standard InChI is InChI=1S/C15H22N2O6S/c1-10(15(19)20)11(2)17-14(18)12-4-6-13(7-5-12)24(21,22)16-8-9-23-3/h4-7,10-11,16H,8-9H2,1-3H3,(H,17,18)(H,19,20). The molecule has 0 aliphatic rings. The van der Waals surface area contributed by atoms with Crippen LogP contribution in [-0.4, -0.2) is 51.7 Å². The number of ether oxygens (including phenoxy) is 1. The number of carboxylic acids is 1. The van der Waals surface area contributed by atoms with E-state index in [9.17, 15) is 18.0 Å². The van der Waals surface area contributed by atoms with Gasteiger partial charge in [-0.15, -0.1) is 0 Å². The average Bonchev–Trinajstić information content (AvgIpc) is 2.54. The average molecular weight is 358 g/mol. The van der Waals surface area contributed by atoms with Crippen molar-refractivity contribution in [3.05, 3.63) is 29.8 Å². The van der Waals surface area contributed by atoms with Gasteiger partial charge in [-0.25, -0.2) is 13.1 Å². The predicted molar refractivity (Wildman–Crippen MR) is 87.2 cm³/mol. The van der Waals surface area contributed by atoms with Gasteiger partial charge in [0.1, 0.15) is 0 Å². The van der Waals surface area contributed by atoms with E-state index in [0.29, 0.717) is 0 Å². The van der Waals surface area contributed by atoms with Crippen LogP contribution in [0, 0.1) is 5.92 Å². The molecule has 24 heavy (non-hydrogen) atoms. The molecule has 3 N–H and O–H groups in total. The van der Waals surface area contributed by atoms with Crippen LogP contribution in [-0.2, 0) is 19.6 Å². The monoisotopic (exact) mass is 358 g/mol. The number of carboxylic acid groups (broad SMARTS) is 1. The van der Waals surface area contributed by atoms with Crippen molar-refractivity contribution in [2.75, 3.05) is 20.3 Å². The second-order valence-corrected chi connectivity index (χ2v) is 7.07. The number of nitrogens with one attached hydrogen (secondary N) is 2. The first-order valence-corrected chi connectivity index (χ1v) is 8.79. The first kappa shape index (κ1) is 20.1. The van der Waals surface area contributed by atoms with Gasteiger partial charge in [0.2, 0.25) is 10.0 Å². The van der Waals surface area contributed by atoms with Gasteiger partial charge in [0.05, 0.1) is 17.4 Å². The summed E-state index contributed by atoms with van der Waals surface area (Å²) >= 11 is 0. The molecule has 1 rings (SSSR count). The Bertz CT molecular complexity index is 672. The molecule has 134 valence electrons. The minimum atomic E-state index is -3.66. The summed E-state index contributed by atoms with van der Waals surface area (Å²) in [4.78, 5) is 23.0. The van der Waals surface area contributed by atoms with E-state index in [-0.39, 0.29) is 23.6 Å². The Hall–Kier alpha value is -1.97. The third-order valence-electron chi connectivity index (χ3n) is 3.52. The number of carbonyl (C=O) groups excluding carboxylic acids is 1. The number of methoxy groups -OCH3 is 1. The van der Waals surface area contributed by atoms with E-state index in [1.165, 1.54) is 38.3 Å². The van der Waals surface area contributed by atoms with Crippen molar-refractivity contribution in [1.29, 1.82) is 0 Å². The molecule has 8 nitrogen and oxygen atoms in total. The second-order valence-electron chi connectivity index (χ2n) is 5.30. The van der Waals surface area contributed by atoms with Gasteiger partial charge in [-0.1, -0.05) is 0 Å². The van der Waals surface area contributed by atoms with E-state index in [0.717, 1.165) is 0 Å². The normalized spacial score (nSPS) is 14.0. The number of hydrogen-bond donors (Lipinski definition) is 3. The van der Waals surface area contributed by atoms with Crippen LogP contribution in [0.25, 0.3) is 0 Å². The Kier molecular flexibility index (Phi) is 7.33. The molecule has 1 aromatic carbocycles. The zero-order chi connectivity index (χ0) is 18.3. The van der Waals surface area contributed by atoms with Gasteiger partial charge in [0.25, 0.3) is 5.91 Å². The summed E-state index contributed by atoms with van der Waals surface area (Å²) < 4.78 is 31.1. The van der Waals surface area contributed by atoms with Gasteiger partial charge in [-0.2, -0.15) is 0 Å². The molecule has 9 heteroatoms. The Morgan fingerprint density at radius 2 is 1.79 bits per heavy atom. The zero-order valence-corrected chi connectivity index (χ0v) is 14.6. The van der Waals surface area contributed by atoms with E-state index in [2.05, 4.69) is 10.0 Å². The molecule has 0 spiro atoms. The molecule has 0 aromatic heterocycles. The molecule has 0 aliphatic carbocycles. The van der Waals surface area contributed by atoms with Crippen molar-refractivity contribution in [2.24, 2.45) is 5.92 Å². The highest BCUT2D eigenvalue weighted by molar-refractivity contribution is 7.89. The zero-order valence-electron chi connectivity index (χ0n) is 13.8. The first-order chi connectivity index (χ1) is 11.2. The lowest BCUT2D eigenvalue weighted by Crippen LogP contribution is -2.40. The largest absolute Gasteiger partial charge is 0.481 e. The number of aliphatic carboxylic acids is 1. The fourth-order valence-corrected chi connectivity index (χ4v) is 2.79. The molecule has 0 heterocycles. The van der Waals surface area contributed by atoms with Crippen LogP contribution in [0.5, 0.6) is 0 Å². The second kappa shape index (κ2) is 8.76. The van der Waals surface area contributed by atoms with Crippen molar-refractivity contribution in [3.8, 4) is 0 Å². The van der Waals surface area contributed by atoms with E-state index in [1.807, 2.05) is 0 Å². The summed E-state index contributed by atoms with van der Waals surface area (Å²) in [6, 6.07) is 4.82. The molecule has 0 saturated heterocycles. The Morgan fingerprint density at radius 1 is 1.21 bits per heavy atom. The van der Waals surface area contributed by atoms with Crippen molar-refractivity contribution in [2.45, 2.75) is 24.8 Å². The van der Waals surface area contributed by atoms with Gasteiger partial charge >= 0.3 is 5.97 Å². The Labute approximate surface area is 141 Å². The number of hydrogen-bond acceptors (Lipinski definition) is 5. The minimum Gasteiger partial charge on any atom is -0.481 e. The molecule has 0 fully saturated rings. The number of carbonyl (C=O) groups is 2. The van der Waals surface area contributed by atoms with Crippen LogP contribution >= 0.6 is 0 Å². The smallest absolute Gasteiger partial charge is 0.308 e. The third kappa shape index (κ3) is 5.59. The Morgan fingerprint density at radius 3 is 2.29 bits per heavy atom. The molecule has 0 saturated carbocycles. The van der Waals surface area contributed by atoms with Crippen molar-refractivity contribution in [1.82, 2.24) is 10.0 Å². The summed E-state index contributed by atoms with van der Waals surface area (Å²) in [6.45, 7) is 3.48. The summed E-state index contributed by atoms with van der Waals surface area (Å²) in [5.74, 6) is -2.21. The highest BCUT2D eigenvalue weighted by Crippen LogP contribution is 2.11. The van der Waals surface area contributed by atoms with Crippen molar-refractivity contribution < 1.29 is 27.9 Å². The fourth-order valence-electron chi connectivity index (χ4n) is 1.78. The van der Waals surface area contributed by atoms with E-state index in [4.69, 9.17) is 9.84 Å². The van der Waals surface area contributed by atoms with Crippen LogP contribution in [0.1, 0.15) is 24.2 Å². The number of sulfonamides is 1. The lowest BCUT2D eigenvalue weighted by atomic mass is 10.0. The number of amides is 1. The van der Waals surface area contributed by atoms with Gasteiger partial charge in [-0.3, -0.25) is 9.59 Å². The lowest BCUT2D eigenvalue weighted by Gasteiger charge is -2.17. The maximum atomic E-state index is 12.1. The molecular weight excluding hydrogens is 336 g/mol. The van der Waals surface area contributed by atoms with Crippen LogP contribution in [0.15, 0.2) is 29.2 Å². The van der Waals surface area contributed by atoms with Gasteiger partial charge in [0, 0.05) is 25.3 Å². The summed E-state index contributed by atoms with van der Waals surface area (Å²) in [6.07, 6.45) is 0. The highest BCUT2D eigenvalue weighted by atomic mass is 32.2. The molecule has 2 unspecified atom stereocenters. The quantitative estimate of drug-likeness (QED) is 0.551. The molecular formula is C15H22N2O6S. The predicted octanol–water partition coefficient (Wildman–Crippen LogP) is 0.450. The fraction of sp³-hybridized carbons (Fsp3) is 0.467. The summed E-state index contributed by atoms with van der Waals surface area (Å²) in [5.41, 5.74) is 0.246. The lowest BCUT2D eigenvalue weighted by molar-refractivity contribution is -0.141. The van der Waals surface area contributed by atoms with Gasteiger partial charge < -0.3 is 15.2 Å². The van der Waals surface area contributed by atoms with Crippen molar-refractivity contribution >= 4 is 21.9 Å². The minimum absolute atomic E-state index is 0.0297. The number of rotatable bonds is 9. The molecule has 0 bridgehead atoms. The Balaban J connectivity index is 2.76. The van der Waals surface area contributed by atoms with Crippen LogP contribution < -0.4 is 10.0 Å². The van der Waals surface area contributed by atoms with E-state index in [1.54, 1.807) is 6.92 Å². The van der Waals surface area contributed by atoms with Gasteiger partial charge in [-0.05, 0) is 38.1 Å². The summed E-state index contributed by atoms with van der Waals surface area (Å²) in [7, 11) is -2.20. The van der Waals surface area contributed by atoms with Gasteiger partial charge in [0.15, 0.2) is 0 Å². The van der Waals surface area contributed by atoms with Crippen LogP contribution in [0.2, 0.25) is 0 Å². The highest BCUT2D eigenvalue weighted by Gasteiger charge is 2.22. The van der Waals surface area contributed by atoms with E-state index < -0.39 is 33.9 Å². The third-order valence-corrected chi connectivity index (χ3v) is 5.00. The van der Waals surface area contributed by atoms with Crippen molar-refractivity contribution in [3.63, 3.8) is 0 Å². The molecule has 2 atom stereocenters. The van der Waals surface area contributed by atoms with Crippen LogP contribution in [0.4, 0.5) is 0 Å². The number of benzene rings is 1. The molecule has 0 aliphatic heterocycles. The molecule has 1 aromatic rings. The van der Waals surface area contributed by atoms with Crippen LogP contribution in [0.3, 0.4) is 0 Å². The molecule has 1 amide bonds. The molecule has 0 radical (unpaired) electrons. The summed E-state index contributed by atoms with van der Waals surface area (Å²) in [5, 5.41) is 11.5. The SMILES string of the molecule is COCCNS(=O)(=O)c1ccc(C(=O)NC(C)C(C)C(=O)O)cc1. The maximum Gasteiger partial charge on any atom is 0.308 e. The van der Waals surface area contributed by atoms with E-state index >= 15 is 0 Å².